The number of amides is 1. The van der Waals surface area contributed by atoms with Gasteiger partial charge < -0.3 is 15.4 Å². The van der Waals surface area contributed by atoms with Crippen molar-refractivity contribution in [3.63, 3.8) is 0 Å². The van der Waals surface area contributed by atoms with Gasteiger partial charge in [0.2, 0.25) is 5.91 Å². The Hall–Kier alpha value is -2.83. The molecule has 0 aliphatic carbocycles. The van der Waals surface area contributed by atoms with Crippen LogP contribution in [0.1, 0.15) is 27.3 Å². The third kappa shape index (κ3) is 3.73. The van der Waals surface area contributed by atoms with Gasteiger partial charge in [-0.05, 0) is 38.5 Å². The first-order valence-corrected chi connectivity index (χ1v) is 7.56. The molecule has 0 bridgehead atoms. The predicted molar refractivity (Wildman–Crippen MR) is 92.3 cm³/mol. The molecule has 1 amide bonds. The van der Waals surface area contributed by atoms with Crippen molar-refractivity contribution >= 4 is 23.3 Å². The number of nitrogens with one attached hydrogen (secondary N) is 2. The highest BCUT2D eigenvalue weighted by molar-refractivity contribution is 5.95. The number of rotatable bonds is 5. The first kappa shape index (κ1) is 17.5. The van der Waals surface area contributed by atoms with Gasteiger partial charge in [-0.1, -0.05) is 6.07 Å². The van der Waals surface area contributed by atoms with Crippen LogP contribution in [-0.4, -0.2) is 35.3 Å². The molecule has 0 spiro atoms. The highest BCUT2D eigenvalue weighted by Gasteiger charge is 2.13. The van der Waals surface area contributed by atoms with Crippen molar-refractivity contribution in [1.29, 1.82) is 0 Å². The molecule has 1 aromatic carbocycles. The molecule has 128 valence electrons. The second-order valence-corrected chi connectivity index (χ2v) is 5.59. The molecule has 0 saturated heterocycles. The minimum atomic E-state index is -0.413. The SMILES string of the molecule is COC(=O)c1ccc(C)c(NCC(=O)Nc2c(C)nn(C)c2C)c1. The summed E-state index contributed by atoms with van der Waals surface area (Å²) in [6.45, 7) is 5.73. The van der Waals surface area contributed by atoms with Crippen LogP contribution in [0.3, 0.4) is 0 Å². The minimum absolute atomic E-state index is 0.0826. The Morgan fingerprint density at radius 2 is 1.96 bits per heavy atom. The Balaban J connectivity index is 2.05. The Morgan fingerprint density at radius 3 is 2.54 bits per heavy atom. The summed E-state index contributed by atoms with van der Waals surface area (Å²) in [5, 5.41) is 10.2. The van der Waals surface area contributed by atoms with E-state index in [4.69, 9.17) is 4.74 Å². The van der Waals surface area contributed by atoms with Crippen LogP contribution in [0.15, 0.2) is 18.2 Å². The lowest BCUT2D eigenvalue weighted by Crippen LogP contribution is -2.22. The lowest BCUT2D eigenvalue weighted by atomic mass is 10.1. The summed E-state index contributed by atoms with van der Waals surface area (Å²) in [7, 11) is 3.17. The fourth-order valence-corrected chi connectivity index (χ4v) is 2.37. The topological polar surface area (TPSA) is 85.2 Å². The second kappa shape index (κ2) is 7.16. The molecule has 1 aromatic heterocycles. The fraction of sp³-hybridized carbons (Fsp3) is 0.353. The van der Waals surface area contributed by atoms with E-state index in [9.17, 15) is 9.59 Å². The average molecular weight is 330 g/mol. The highest BCUT2D eigenvalue weighted by Crippen LogP contribution is 2.19. The van der Waals surface area contributed by atoms with Crippen LogP contribution in [-0.2, 0) is 16.6 Å². The number of ether oxygens (including phenoxy) is 1. The van der Waals surface area contributed by atoms with Crippen molar-refractivity contribution in [3.8, 4) is 0 Å². The van der Waals surface area contributed by atoms with E-state index >= 15 is 0 Å². The van der Waals surface area contributed by atoms with Gasteiger partial charge in [0.05, 0.1) is 36.3 Å². The first-order valence-electron chi connectivity index (χ1n) is 7.56. The molecule has 2 rings (SSSR count). The maximum absolute atomic E-state index is 12.2. The zero-order valence-electron chi connectivity index (χ0n) is 14.6. The number of carbonyl (C=O) groups excluding carboxylic acids is 2. The van der Waals surface area contributed by atoms with Gasteiger partial charge in [-0.3, -0.25) is 9.48 Å². The number of aryl methyl sites for hydroxylation is 3. The molecule has 0 aliphatic rings. The second-order valence-electron chi connectivity index (χ2n) is 5.59. The normalized spacial score (nSPS) is 10.4. The maximum atomic E-state index is 12.2. The predicted octanol–water partition coefficient (Wildman–Crippen LogP) is 2.18. The van der Waals surface area contributed by atoms with Crippen LogP contribution in [0.25, 0.3) is 0 Å². The number of hydrogen-bond acceptors (Lipinski definition) is 5. The lowest BCUT2D eigenvalue weighted by molar-refractivity contribution is -0.114. The number of nitrogens with zero attached hydrogens (tertiary/aromatic N) is 2. The van der Waals surface area contributed by atoms with Gasteiger partial charge in [0.15, 0.2) is 0 Å². The summed E-state index contributed by atoms with van der Waals surface area (Å²) in [5.41, 5.74) is 4.48. The molecule has 1 heterocycles. The van der Waals surface area contributed by atoms with Gasteiger partial charge in [-0.2, -0.15) is 5.10 Å². The molecule has 0 saturated carbocycles. The molecule has 0 fully saturated rings. The van der Waals surface area contributed by atoms with Crippen LogP contribution in [0.5, 0.6) is 0 Å². The fourth-order valence-electron chi connectivity index (χ4n) is 2.37. The van der Waals surface area contributed by atoms with Crippen LogP contribution < -0.4 is 10.6 Å². The van der Waals surface area contributed by atoms with E-state index in [0.29, 0.717) is 11.3 Å². The summed E-state index contributed by atoms with van der Waals surface area (Å²) in [5.74, 6) is -0.596. The third-order valence-electron chi connectivity index (χ3n) is 3.87. The Labute approximate surface area is 141 Å². The van der Waals surface area contributed by atoms with E-state index < -0.39 is 5.97 Å². The molecule has 7 heteroatoms. The van der Waals surface area contributed by atoms with Gasteiger partial charge in [0, 0.05) is 12.7 Å². The summed E-state index contributed by atoms with van der Waals surface area (Å²) < 4.78 is 6.43. The zero-order chi connectivity index (χ0) is 17.9. The van der Waals surface area contributed by atoms with Gasteiger partial charge in [-0.25, -0.2) is 4.79 Å². The number of benzene rings is 1. The molecular weight excluding hydrogens is 308 g/mol. The minimum Gasteiger partial charge on any atom is -0.465 e. The Morgan fingerprint density at radius 1 is 1.25 bits per heavy atom. The molecule has 2 N–H and O–H groups in total. The van der Waals surface area contributed by atoms with E-state index in [-0.39, 0.29) is 12.5 Å². The molecule has 2 aromatic rings. The average Bonchev–Trinajstić information content (AvgIpc) is 2.79. The third-order valence-corrected chi connectivity index (χ3v) is 3.87. The highest BCUT2D eigenvalue weighted by atomic mass is 16.5. The largest absolute Gasteiger partial charge is 0.465 e. The van der Waals surface area contributed by atoms with Crippen molar-refractivity contribution in [2.75, 3.05) is 24.3 Å². The van der Waals surface area contributed by atoms with Crippen LogP contribution in [0, 0.1) is 20.8 Å². The Kier molecular flexibility index (Phi) is 5.23. The number of carbonyl (C=O) groups is 2. The van der Waals surface area contributed by atoms with E-state index in [0.717, 1.165) is 22.6 Å². The monoisotopic (exact) mass is 330 g/mol. The smallest absolute Gasteiger partial charge is 0.337 e. The molecular formula is C17H22N4O3. The summed E-state index contributed by atoms with van der Waals surface area (Å²) in [6.07, 6.45) is 0. The van der Waals surface area contributed by atoms with Crippen LogP contribution in [0.4, 0.5) is 11.4 Å². The molecule has 0 aliphatic heterocycles. The van der Waals surface area contributed by atoms with Gasteiger partial charge in [-0.15, -0.1) is 0 Å². The summed E-state index contributed by atoms with van der Waals surface area (Å²) in [6, 6.07) is 5.17. The number of methoxy groups -OCH3 is 1. The molecule has 0 radical (unpaired) electrons. The number of hydrogen-bond donors (Lipinski definition) is 2. The van der Waals surface area contributed by atoms with Crippen molar-refractivity contribution in [2.24, 2.45) is 7.05 Å². The van der Waals surface area contributed by atoms with E-state index in [1.54, 1.807) is 16.8 Å². The van der Waals surface area contributed by atoms with Crippen molar-refractivity contribution in [1.82, 2.24) is 9.78 Å². The summed E-state index contributed by atoms with van der Waals surface area (Å²) >= 11 is 0. The van der Waals surface area contributed by atoms with Gasteiger partial charge in [0.25, 0.3) is 0 Å². The van der Waals surface area contributed by atoms with Crippen molar-refractivity contribution in [2.45, 2.75) is 20.8 Å². The maximum Gasteiger partial charge on any atom is 0.337 e. The lowest BCUT2D eigenvalue weighted by Gasteiger charge is -2.11. The molecule has 0 atom stereocenters. The van der Waals surface area contributed by atoms with E-state index in [2.05, 4.69) is 15.7 Å². The van der Waals surface area contributed by atoms with Crippen molar-refractivity contribution in [3.05, 3.63) is 40.7 Å². The molecule has 0 unspecified atom stereocenters. The van der Waals surface area contributed by atoms with E-state index in [1.807, 2.05) is 33.9 Å². The van der Waals surface area contributed by atoms with Gasteiger partial charge >= 0.3 is 5.97 Å². The Bertz CT molecular complexity index is 780. The van der Waals surface area contributed by atoms with Crippen LogP contribution >= 0.6 is 0 Å². The van der Waals surface area contributed by atoms with E-state index in [1.165, 1.54) is 7.11 Å². The molecule has 24 heavy (non-hydrogen) atoms. The molecule has 7 nitrogen and oxygen atoms in total. The van der Waals surface area contributed by atoms with Crippen molar-refractivity contribution < 1.29 is 14.3 Å². The quantitative estimate of drug-likeness (QED) is 0.821. The zero-order valence-corrected chi connectivity index (χ0v) is 14.6. The number of esters is 1. The first-order chi connectivity index (χ1) is 11.3. The number of aromatic nitrogens is 2. The standard InChI is InChI=1S/C17H22N4O3/c1-10-6-7-13(17(23)24-5)8-14(10)18-9-15(22)19-16-11(2)20-21(4)12(16)3/h6-8,18H,9H2,1-5H3,(H,19,22). The van der Waals surface area contributed by atoms with Gasteiger partial charge in [0.1, 0.15) is 0 Å². The van der Waals surface area contributed by atoms with Crippen LogP contribution in [0.2, 0.25) is 0 Å². The summed E-state index contributed by atoms with van der Waals surface area (Å²) in [4.78, 5) is 23.8. The number of anilines is 2.